The molecule has 1 heterocycles. The average molecular weight is 293 g/mol. The van der Waals surface area contributed by atoms with Crippen LogP contribution in [0.4, 0.5) is 0 Å². The summed E-state index contributed by atoms with van der Waals surface area (Å²) in [5, 5.41) is -0.206. The van der Waals surface area contributed by atoms with Gasteiger partial charge >= 0.3 is 0 Å². The summed E-state index contributed by atoms with van der Waals surface area (Å²) in [5.41, 5.74) is 0. The van der Waals surface area contributed by atoms with Gasteiger partial charge < -0.3 is 0 Å². The molecule has 4 atom stereocenters. The number of amides is 1. The molecule has 3 aliphatic carbocycles. The number of carbonyl (C=O) groups is 1. The number of sulfonamides is 1. The monoisotopic (exact) mass is 293 g/mol. The van der Waals surface area contributed by atoms with E-state index in [2.05, 4.69) is 14.7 Å². The van der Waals surface area contributed by atoms with Gasteiger partial charge in [-0.3, -0.25) is 9.78 Å². The maximum Gasteiger partial charge on any atom is 0.283 e. The van der Waals surface area contributed by atoms with Crippen molar-refractivity contribution in [3.63, 3.8) is 0 Å². The highest BCUT2D eigenvalue weighted by Crippen LogP contribution is 2.69. The van der Waals surface area contributed by atoms with Gasteiger partial charge in [0, 0.05) is 18.3 Å². The van der Waals surface area contributed by atoms with Crippen LogP contribution in [-0.4, -0.2) is 24.3 Å². The zero-order valence-corrected chi connectivity index (χ0v) is 11.6. The van der Waals surface area contributed by atoms with E-state index in [-0.39, 0.29) is 16.9 Å². The first-order valence-corrected chi connectivity index (χ1v) is 8.39. The van der Waals surface area contributed by atoms with E-state index in [0.717, 1.165) is 6.20 Å². The van der Waals surface area contributed by atoms with Crippen LogP contribution in [0.2, 0.25) is 0 Å². The molecule has 0 unspecified atom stereocenters. The zero-order valence-electron chi connectivity index (χ0n) is 10.8. The minimum atomic E-state index is -3.88. The fraction of sp³-hybridized carbons (Fsp3) is 0.615. The zero-order chi connectivity index (χ0) is 13.9. The second-order valence-corrected chi connectivity index (χ2v) is 7.66. The van der Waals surface area contributed by atoms with Gasteiger partial charge in [0.25, 0.3) is 10.0 Å². The predicted molar refractivity (Wildman–Crippen MR) is 68.7 cm³/mol. The molecule has 1 amide bonds. The van der Waals surface area contributed by atoms with Crippen LogP contribution >= 0.6 is 0 Å². The summed E-state index contributed by atoms with van der Waals surface area (Å²) < 4.78 is 26.2. The minimum absolute atomic E-state index is 0.104. The molecule has 3 aliphatic rings. The van der Waals surface area contributed by atoms with Crippen molar-refractivity contribution in [3.05, 3.63) is 18.6 Å². The number of rotatable bonds is 3. The van der Waals surface area contributed by atoms with Gasteiger partial charge in [-0.1, -0.05) is 0 Å². The maximum absolute atomic E-state index is 12.2. The van der Waals surface area contributed by atoms with E-state index in [1.807, 2.05) is 0 Å². The third-order valence-electron chi connectivity index (χ3n) is 5.09. The second kappa shape index (κ2) is 4.00. The molecule has 0 aliphatic heterocycles. The van der Waals surface area contributed by atoms with E-state index < -0.39 is 10.0 Å². The lowest BCUT2D eigenvalue weighted by molar-refractivity contribution is -0.121. The van der Waals surface area contributed by atoms with E-state index in [4.69, 9.17) is 0 Å². The van der Waals surface area contributed by atoms with Crippen LogP contribution in [0.5, 0.6) is 0 Å². The van der Waals surface area contributed by atoms with Crippen LogP contribution < -0.4 is 4.72 Å². The molecule has 1 aromatic rings. The molecule has 1 N–H and O–H groups in total. The largest absolute Gasteiger partial charge is 0.283 e. The third kappa shape index (κ3) is 1.69. The summed E-state index contributed by atoms with van der Waals surface area (Å²) >= 11 is 0. The van der Waals surface area contributed by atoms with Gasteiger partial charge in [-0.15, -0.1) is 0 Å². The van der Waals surface area contributed by atoms with Crippen LogP contribution in [0, 0.1) is 29.6 Å². The van der Waals surface area contributed by atoms with Gasteiger partial charge in [-0.2, -0.15) is 8.42 Å². The highest BCUT2D eigenvalue weighted by Gasteiger charge is 2.67. The summed E-state index contributed by atoms with van der Waals surface area (Å²) in [4.78, 5) is 19.6. The molecule has 0 aromatic carbocycles. The van der Waals surface area contributed by atoms with Gasteiger partial charge in [0.1, 0.15) is 0 Å². The van der Waals surface area contributed by atoms with Gasteiger partial charge in [-0.25, -0.2) is 9.71 Å². The molecule has 1 aromatic heterocycles. The Hall–Kier alpha value is -1.50. The van der Waals surface area contributed by atoms with Crippen LogP contribution in [0.25, 0.3) is 0 Å². The van der Waals surface area contributed by atoms with Crippen molar-refractivity contribution >= 4 is 15.9 Å². The Morgan fingerprint density at radius 1 is 1.20 bits per heavy atom. The molecule has 0 spiro atoms. The Morgan fingerprint density at radius 2 is 1.90 bits per heavy atom. The van der Waals surface area contributed by atoms with Crippen molar-refractivity contribution in [2.75, 3.05) is 0 Å². The van der Waals surface area contributed by atoms with E-state index in [1.54, 1.807) is 0 Å². The number of nitrogens with one attached hydrogen (secondary N) is 1. The Bertz CT molecular complexity index is 645. The lowest BCUT2D eigenvalue weighted by Crippen LogP contribution is -2.34. The van der Waals surface area contributed by atoms with Crippen molar-refractivity contribution in [3.8, 4) is 0 Å². The van der Waals surface area contributed by atoms with E-state index in [0.29, 0.717) is 23.7 Å². The minimum Gasteiger partial charge on any atom is -0.274 e. The van der Waals surface area contributed by atoms with E-state index >= 15 is 0 Å². The van der Waals surface area contributed by atoms with E-state index in [1.165, 1.54) is 31.7 Å². The Morgan fingerprint density at radius 3 is 2.50 bits per heavy atom. The van der Waals surface area contributed by atoms with Crippen LogP contribution in [-0.2, 0) is 14.8 Å². The smallest absolute Gasteiger partial charge is 0.274 e. The fourth-order valence-corrected chi connectivity index (χ4v) is 5.26. The summed E-state index contributed by atoms with van der Waals surface area (Å²) in [6.45, 7) is 0. The van der Waals surface area contributed by atoms with Crippen molar-refractivity contribution < 1.29 is 13.2 Å². The summed E-state index contributed by atoms with van der Waals surface area (Å²) in [6.07, 6.45) is 7.47. The number of aromatic nitrogens is 2. The molecule has 6 nitrogen and oxygen atoms in total. The first-order valence-electron chi connectivity index (χ1n) is 6.90. The molecule has 20 heavy (non-hydrogen) atoms. The number of nitrogens with zero attached hydrogens (tertiary/aromatic N) is 2. The molecule has 4 rings (SSSR count). The average Bonchev–Trinajstić information content (AvgIpc) is 2.89. The number of carbonyl (C=O) groups excluding carboxylic acids is 1. The number of hydrogen-bond donors (Lipinski definition) is 1. The molecule has 2 bridgehead atoms. The van der Waals surface area contributed by atoms with Crippen molar-refractivity contribution in [2.45, 2.75) is 24.3 Å². The standard InChI is InChI=1S/C13H15N3O3S/c17-13(12-10-7-1-2-8(5-7)11(10)12)16-20(18,19)9-6-14-3-4-15-9/h3-4,6-8,10-12H,1-2,5H2,(H,16,17)/t7-,8-,10-,11-/m0/s1. The molecule has 7 heteroatoms. The van der Waals surface area contributed by atoms with Gasteiger partial charge in [-0.05, 0) is 42.9 Å². The highest BCUT2D eigenvalue weighted by molar-refractivity contribution is 7.90. The normalized spacial score (nSPS) is 37.5. The van der Waals surface area contributed by atoms with E-state index in [9.17, 15) is 13.2 Å². The predicted octanol–water partition coefficient (Wildman–Crippen LogP) is 0.574. The van der Waals surface area contributed by atoms with Gasteiger partial charge in [0.15, 0.2) is 5.03 Å². The number of fused-ring (bicyclic) bond motifs is 5. The molecule has 106 valence electrons. The first-order chi connectivity index (χ1) is 9.58. The van der Waals surface area contributed by atoms with Crippen LogP contribution in [0.1, 0.15) is 19.3 Å². The molecular formula is C13H15N3O3S. The first kappa shape index (κ1) is 12.3. The third-order valence-corrected chi connectivity index (χ3v) is 6.32. The highest BCUT2D eigenvalue weighted by atomic mass is 32.2. The van der Waals surface area contributed by atoms with Crippen LogP contribution in [0.15, 0.2) is 23.6 Å². The van der Waals surface area contributed by atoms with Crippen LogP contribution in [0.3, 0.4) is 0 Å². The molecule has 0 radical (unpaired) electrons. The summed E-state index contributed by atoms with van der Waals surface area (Å²) in [7, 11) is -3.88. The Labute approximate surface area is 117 Å². The van der Waals surface area contributed by atoms with Crippen molar-refractivity contribution in [1.82, 2.24) is 14.7 Å². The van der Waals surface area contributed by atoms with Crippen molar-refractivity contribution in [2.24, 2.45) is 29.6 Å². The topological polar surface area (TPSA) is 89.0 Å². The lowest BCUT2D eigenvalue weighted by Gasteiger charge is -2.09. The SMILES string of the molecule is O=C(NS(=O)(=O)c1cnccn1)C1[C@H]2[C@H]3CC[C@@H](C3)[C@H]12. The Kier molecular flexibility index (Phi) is 2.45. The number of hydrogen-bond acceptors (Lipinski definition) is 5. The maximum atomic E-state index is 12.2. The Balaban J connectivity index is 1.49. The molecule has 3 saturated carbocycles. The molecular weight excluding hydrogens is 278 g/mol. The van der Waals surface area contributed by atoms with Crippen molar-refractivity contribution in [1.29, 1.82) is 0 Å². The quantitative estimate of drug-likeness (QED) is 0.880. The van der Waals surface area contributed by atoms with Gasteiger partial charge in [0.05, 0.1) is 6.20 Å². The summed E-state index contributed by atoms with van der Waals surface area (Å²) in [5.74, 6) is 1.66. The lowest BCUT2D eigenvalue weighted by atomic mass is 10.0. The second-order valence-electron chi connectivity index (χ2n) is 6.03. The molecule has 0 saturated heterocycles. The summed E-state index contributed by atoms with van der Waals surface area (Å²) in [6, 6.07) is 0. The fourth-order valence-electron chi connectivity index (χ4n) is 4.35. The molecule has 3 fully saturated rings. The van der Waals surface area contributed by atoms with Gasteiger partial charge in [0.2, 0.25) is 5.91 Å².